The molecule has 0 aliphatic carbocycles. The lowest BCUT2D eigenvalue weighted by Crippen LogP contribution is -2.36. The van der Waals surface area contributed by atoms with E-state index in [0.717, 1.165) is 0 Å². The molecule has 1 aliphatic rings. The van der Waals surface area contributed by atoms with Gasteiger partial charge in [0.05, 0.1) is 30.5 Å². The Labute approximate surface area is 126 Å². The number of benzene rings is 1. The number of carbonyl (C=O) groups excluding carboxylic acids is 1. The summed E-state index contributed by atoms with van der Waals surface area (Å²) in [4.78, 5) is 33.8. The van der Waals surface area contributed by atoms with Crippen molar-refractivity contribution >= 4 is 28.6 Å². The number of rotatable bonds is 3. The lowest BCUT2D eigenvalue weighted by atomic mass is 10.1. The molecule has 2 aromatic rings. The molecule has 1 saturated heterocycles. The van der Waals surface area contributed by atoms with E-state index in [-0.39, 0.29) is 16.9 Å². The van der Waals surface area contributed by atoms with Gasteiger partial charge in [-0.05, 0) is 19.1 Å². The molecule has 2 heterocycles. The van der Waals surface area contributed by atoms with Gasteiger partial charge in [0.1, 0.15) is 11.3 Å². The fraction of sp³-hybridized carbons (Fsp3) is 0.333. The second-order valence-corrected chi connectivity index (χ2v) is 5.08. The van der Waals surface area contributed by atoms with Gasteiger partial charge in [0.25, 0.3) is 0 Å². The lowest BCUT2D eigenvalue weighted by Gasteiger charge is -2.27. The molecule has 0 amide bonds. The van der Waals surface area contributed by atoms with E-state index in [4.69, 9.17) is 9.84 Å². The number of carboxylic acid groups (broad SMARTS) is 1. The van der Waals surface area contributed by atoms with Crippen molar-refractivity contribution in [2.45, 2.75) is 6.92 Å². The molecule has 1 fully saturated rings. The van der Waals surface area contributed by atoms with Crippen molar-refractivity contribution in [3.8, 4) is 0 Å². The Morgan fingerprint density at radius 3 is 2.64 bits per heavy atom. The highest BCUT2D eigenvalue weighted by atomic mass is 16.5. The highest BCUT2D eigenvalue weighted by molar-refractivity contribution is 6.07. The van der Waals surface area contributed by atoms with Gasteiger partial charge >= 0.3 is 5.97 Å². The number of Topliss-reactive ketones (excluding diaryl/α,β-unsaturated/α-hetero) is 1. The minimum Gasteiger partial charge on any atom is -0.478 e. The Bertz CT molecular complexity index is 754. The van der Waals surface area contributed by atoms with Crippen LogP contribution in [0.4, 0.5) is 5.82 Å². The van der Waals surface area contributed by atoms with Crippen molar-refractivity contribution in [1.29, 1.82) is 0 Å². The van der Waals surface area contributed by atoms with Gasteiger partial charge in [-0.1, -0.05) is 0 Å². The first-order chi connectivity index (χ1) is 10.6. The summed E-state index contributed by atoms with van der Waals surface area (Å²) >= 11 is 0. The molecule has 7 heteroatoms. The van der Waals surface area contributed by atoms with Gasteiger partial charge in [0.2, 0.25) is 0 Å². The number of morpholine rings is 1. The molecule has 1 N–H and O–H groups in total. The third kappa shape index (κ3) is 2.62. The van der Waals surface area contributed by atoms with Crippen LogP contribution in [-0.4, -0.2) is 53.1 Å². The Kier molecular flexibility index (Phi) is 3.72. The SMILES string of the molecule is CC(=O)c1cc(C(=O)O)cc2ncc(N3CCOCC3)nc12. The number of anilines is 1. The summed E-state index contributed by atoms with van der Waals surface area (Å²) in [5, 5.41) is 9.13. The molecule has 0 unspecified atom stereocenters. The molecule has 0 spiro atoms. The molecule has 1 aliphatic heterocycles. The van der Waals surface area contributed by atoms with Crippen LogP contribution in [0.15, 0.2) is 18.3 Å². The number of hydrogen-bond donors (Lipinski definition) is 1. The Morgan fingerprint density at radius 1 is 1.27 bits per heavy atom. The average molecular weight is 301 g/mol. The van der Waals surface area contributed by atoms with E-state index in [1.165, 1.54) is 19.1 Å². The van der Waals surface area contributed by atoms with Crippen LogP contribution in [0.3, 0.4) is 0 Å². The molecule has 0 atom stereocenters. The molecule has 7 nitrogen and oxygen atoms in total. The summed E-state index contributed by atoms with van der Waals surface area (Å²) in [6.07, 6.45) is 1.60. The Morgan fingerprint density at radius 2 is 2.00 bits per heavy atom. The number of carbonyl (C=O) groups is 2. The average Bonchev–Trinajstić information content (AvgIpc) is 2.53. The highest BCUT2D eigenvalue weighted by Gasteiger charge is 2.17. The topological polar surface area (TPSA) is 92.6 Å². The summed E-state index contributed by atoms with van der Waals surface area (Å²) in [6, 6.07) is 2.78. The van der Waals surface area contributed by atoms with Crippen molar-refractivity contribution < 1.29 is 19.4 Å². The summed E-state index contributed by atoms with van der Waals surface area (Å²) < 4.78 is 5.30. The molecule has 1 aromatic carbocycles. The van der Waals surface area contributed by atoms with Crippen LogP contribution in [0, 0.1) is 0 Å². The number of aromatic nitrogens is 2. The van der Waals surface area contributed by atoms with E-state index in [0.29, 0.717) is 43.2 Å². The highest BCUT2D eigenvalue weighted by Crippen LogP contribution is 2.22. The van der Waals surface area contributed by atoms with Gasteiger partial charge in [-0.2, -0.15) is 0 Å². The van der Waals surface area contributed by atoms with E-state index >= 15 is 0 Å². The summed E-state index contributed by atoms with van der Waals surface area (Å²) in [7, 11) is 0. The third-order valence-corrected chi connectivity index (χ3v) is 3.60. The molecule has 0 radical (unpaired) electrons. The second kappa shape index (κ2) is 5.69. The van der Waals surface area contributed by atoms with Crippen LogP contribution in [0.2, 0.25) is 0 Å². The normalized spacial score (nSPS) is 15.0. The number of nitrogens with zero attached hydrogens (tertiary/aromatic N) is 3. The van der Waals surface area contributed by atoms with Gasteiger partial charge in [-0.3, -0.25) is 9.78 Å². The minimum atomic E-state index is -1.09. The molecule has 1 aromatic heterocycles. The van der Waals surface area contributed by atoms with Crippen LogP contribution in [0.25, 0.3) is 11.0 Å². The van der Waals surface area contributed by atoms with Crippen molar-refractivity contribution in [1.82, 2.24) is 9.97 Å². The molecule has 22 heavy (non-hydrogen) atoms. The van der Waals surface area contributed by atoms with Gasteiger partial charge < -0.3 is 14.7 Å². The number of carboxylic acids is 1. The first-order valence-electron chi connectivity index (χ1n) is 6.94. The maximum atomic E-state index is 11.8. The van der Waals surface area contributed by atoms with Crippen LogP contribution in [-0.2, 0) is 4.74 Å². The summed E-state index contributed by atoms with van der Waals surface area (Å²) in [6.45, 7) is 4.06. The summed E-state index contributed by atoms with van der Waals surface area (Å²) in [5.74, 6) is -0.661. The zero-order valence-corrected chi connectivity index (χ0v) is 12.1. The van der Waals surface area contributed by atoms with Crippen LogP contribution in [0.1, 0.15) is 27.6 Å². The van der Waals surface area contributed by atoms with Crippen molar-refractivity contribution in [3.05, 3.63) is 29.5 Å². The van der Waals surface area contributed by atoms with E-state index < -0.39 is 5.97 Å². The number of fused-ring (bicyclic) bond motifs is 1. The van der Waals surface area contributed by atoms with Crippen molar-refractivity contribution in [2.24, 2.45) is 0 Å². The van der Waals surface area contributed by atoms with E-state index in [1.807, 2.05) is 4.90 Å². The predicted octanol–water partition coefficient (Wildman–Crippen LogP) is 1.37. The van der Waals surface area contributed by atoms with Gasteiger partial charge in [-0.15, -0.1) is 0 Å². The predicted molar refractivity (Wildman–Crippen MR) is 79.5 cm³/mol. The Hall–Kier alpha value is -2.54. The van der Waals surface area contributed by atoms with Crippen LogP contribution < -0.4 is 4.90 Å². The van der Waals surface area contributed by atoms with Crippen LogP contribution >= 0.6 is 0 Å². The van der Waals surface area contributed by atoms with Crippen molar-refractivity contribution in [2.75, 3.05) is 31.2 Å². The molecule has 114 valence electrons. The largest absolute Gasteiger partial charge is 0.478 e. The first-order valence-corrected chi connectivity index (χ1v) is 6.94. The summed E-state index contributed by atoms with van der Waals surface area (Å²) in [5.41, 5.74) is 1.15. The van der Waals surface area contributed by atoms with Crippen LogP contribution in [0.5, 0.6) is 0 Å². The first kappa shape index (κ1) is 14.4. The smallest absolute Gasteiger partial charge is 0.335 e. The second-order valence-electron chi connectivity index (χ2n) is 5.08. The standard InChI is InChI=1S/C15H15N3O4/c1-9(19)11-6-10(15(20)21)7-12-14(11)17-13(8-16-12)18-2-4-22-5-3-18/h6-8H,2-5H2,1H3,(H,20,21). The maximum Gasteiger partial charge on any atom is 0.335 e. The quantitative estimate of drug-likeness (QED) is 0.856. The molecular weight excluding hydrogens is 286 g/mol. The zero-order valence-electron chi connectivity index (χ0n) is 12.1. The fourth-order valence-corrected chi connectivity index (χ4v) is 2.44. The van der Waals surface area contributed by atoms with Crippen molar-refractivity contribution in [3.63, 3.8) is 0 Å². The number of hydrogen-bond acceptors (Lipinski definition) is 6. The number of aromatic carboxylic acids is 1. The molecular formula is C15H15N3O4. The number of ketones is 1. The Balaban J connectivity index is 2.13. The van der Waals surface area contributed by atoms with Gasteiger partial charge in [-0.25, -0.2) is 9.78 Å². The van der Waals surface area contributed by atoms with E-state index in [1.54, 1.807) is 6.20 Å². The van der Waals surface area contributed by atoms with Gasteiger partial charge in [0, 0.05) is 18.7 Å². The molecule has 3 rings (SSSR count). The lowest BCUT2D eigenvalue weighted by molar-refractivity contribution is 0.0697. The molecule has 0 bridgehead atoms. The van der Waals surface area contributed by atoms with E-state index in [9.17, 15) is 9.59 Å². The van der Waals surface area contributed by atoms with Gasteiger partial charge in [0.15, 0.2) is 5.78 Å². The molecule has 0 saturated carbocycles. The third-order valence-electron chi connectivity index (χ3n) is 3.60. The number of ether oxygens (including phenoxy) is 1. The zero-order chi connectivity index (χ0) is 15.7. The monoisotopic (exact) mass is 301 g/mol. The fourth-order valence-electron chi connectivity index (χ4n) is 2.44. The van der Waals surface area contributed by atoms with E-state index in [2.05, 4.69) is 9.97 Å². The minimum absolute atomic E-state index is 0.0334. The maximum absolute atomic E-state index is 11.8.